The molecule has 0 radical (unpaired) electrons. The van der Waals surface area contributed by atoms with Gasteiger partial charge in [0.05, 0.1) is 13.7 Å². The Labute approximate surface area is 153 Å². The Balaban J connectivity index is 1.54. The number of rotatable bonds is 8. The summed E-state index contributed by atoms with van der Waals surface area (Å²) in [6, 6.07) is 13.8. The van der Waals surface area contributed by atoms with Gasteiger partial charge in [-0.3, -0.25) is 4.79 Å². The summed E-state index contributed by atoms with van der Waals surface area (Å²) in [5.41, 5.74) is 3.24. The van der Waals surface area contributed by atoms with Gasteiger partial charge in [0, 0.05) is 30.1 Å². The minimum absolute atomic E-state index is 0.0307. The van der Waals surface area contributed by atoms with Gasteiger partial charge in [-0.2, -0.15) is 0 Å². The molecular weight excluding hydrogens is 328 g/mol. The molecule has 0 saturated heterocycles. The molecule has 0 bridgehead atoms. The van der Waals surface area contributed by atoms with Gasteiger partial charge >= 0.3 is 0 Å². The monoisotopic (exact) mass is 352 g/mol. The summed E-state index contributed by atoms with van der Waals surface area (Å²) in [7, 11) is 1.61. The van der Waals surface area contributed by atoms with Crippen molar-refractivity contribution in [3.05, 3.63) is 59.8 Å². The standard InChI is InChI=1S/C21H24N2O3/c1-3-26-19-10-8-15(12-20(19)25-2)13-23-21(24)11-9-16-14-22-18-7-5-4-6-17(16)18/h4-8,10,12,14,22H,3,9,11,13H2,1-2H3,(H,23,24). The summed E-state index contributed by atoms with van der Waals surface area (Å²) >= 11 is 0. The van der Waals surface area contributed by atoms with E-state index in [9.17, 15) is 4.79 Å². The van der Waals surface area contributed by atoms with Crippen molar-refractivity contribution in [2.24, 2.45) is 0 Å². The Bertz CT molecular complexity index is 886. The summed E-state index contributed by atoms with van der Waals surface area (Å²) in [6.07, 6.45) is 3.15. The van der Waals surface area contributed by atoms with Crippen molar-refractivity contribution < 1.29 is 14.3 Å². The van der Waals surface area contributed by atoms with Crippen LogP contribution >= 0.6 is 0 Å². The quantitative estimate of drug-likeness (QED) is 0.648. The zero-order valence-electron chi connectivity index (χ0n) is 15.2. The van der Waals surface area contributed by atoms with Gasteiger partial charge in [0.25, 0.3) is 0 Å². The molecular formula is C21H24N2O3. The van der Waals surface area contributed by atoms with Gasteiger partial charge in [-0.15, -0.1) is 0 Å². The van der Waals surface area contributed by atoms with E-state index in [-0.39, 0.29) is 5.91 Å². The van der Waals surface area contributed by atoms with E-state index >= 15 is 0 Å². The SMILES string of the molecule is CCOc1ccc(CNC(=O)CCc2c[nH]c3ccccc23)cc1OC. The molecule has 5 nitrogen and oxygen atoms in total. The number of aryl methyl sites for hydroxylation is 1. The van der Waals surface area contributed by atoms with Crippen LogP contribution in [0.5, 0.6) is 11.5 Å². The fraction of sp³-hybridized carbons (Fsp3) is 0.286. The van der Waals surface area contributed by atoms with E-state index in [0.29, 0.717) is 37.5 Å². The van der Waals surface area contributed by atoms with Gasteiger partial charge in [-0.1, -0.05) is 24.3 Å². The zero-order valence-corrected chi connectivity index (χ0v) is 15.2. The fourth-order valence-electron chi connectivity index (χ4n) is 2.97. The lowest BCUT2D eigenvalue weighted by Gasteiger charge is -2.11. The molecule has 0 aliphatic rings. The van der Waals surface area contributed by atoms with Crippen LogP contribution in [0.4, 0.5) is 0 Å². The van der Waals surface area contributed by atoms with Gasteiger partial charge < -0.3 is 19.8 Å². The van der Waals surface area contributed by atoms with E-state index in [4.69, 9.17) is 9.47 Å². The van der Waals surface area contributed by atoms with Gasteiger partial charge in [0.15, 0.2) is 11.5 Å². The molecule has 136 valence electrons. The number of hydrogen-bond donors (Lipinski definition) is 2. The first-order valence-electron chi connectivity index (χ1n) is 8.82. The summed E-state index contributed by atoms with van der Waals surface area (Å²) in [5.74, 6) is 1.42. The zero-order chi connectivity index (χ0) is 18.4. The number of carbonyl (C=O) groups excluding carboxylic acids is 1. The highest BCUT2D eigenvalue weighted by atomic mass is 16.5. The van der Waals surface area contributed by atoms with E-state index < -0.39 is 0 Å². The number of ether oxygens (including phenoxy) is 2. The largest absolute Gasteiger partial charge is 0.493 e. The first-order chi connectivity index (χ1) is 12.7. The predicted octanol–water partition coefficient (Wildman–Crippen LogP) is 3.82. The highest BCUT2D eigenvalue weighted by Crippen LogP contribution is 2.28. The van der Waals surface area contributed by atoms with Crippen LogP contribution in [-0.4, -0.2) is 24.6 Å². The molecule has 0 spiro atoms. The van der Waals surface area contributed by atoms with Crippen molar-refractivity contribution >= 4 is 16.8 Å². The molecule has 3 rings (SSSR count). The topological polar surface area (TPSA) is 63.3 Å². The summed E-state index contributed by atoms with van der Waals surface area (Å²) < 4.78 is 10.8. The Hall–Kier alpha value is -2.95. The number of para-hydroxylation sites is 1. The second-order valence-corrected chi connectivity index (χ2v) is 6.05. The third kappa shape index (κ3) is 4.17. The molecule has 5 heteroatoms. The van der Waals surface area contributed by atoms with Crippen molar-refractivity contribution in [2.75, 3.05) is 13.7 Å². The fourth-order valence-corrected chi connectivity index (χ4v) is 2.97. The third-order valence-corrected chi connectivity index (χ3v) is 4.31. The number of nitrogens with one attached hydrogen (secondary N) is 2. The average Bonchev–Trinajstić information content (AvgIpc) is 3.09. The van der Waals surface area contributed by atoms with Crippen molar-refractivity contribution in [3.63, 3.8) is 0 Å². The van der Waals surface area contributed by atoms with Gasteiger partial charge in [-0.05, 0) is 42.7 Å². The Morgan fingerprint density at radius 3 is 2.81 bits per heavy atom. The predicted molar refractivity (Wildman–Crippen MR) is 103 cm³/mol. The van der Waals surface area contributed by atoms with Crippen molar-refractivity contribution in [2.45, 2.75) is 26.3 Å². The number of aromatic amines is 1. The number of benzene rings is 2. The number of hydrogen-bond acceptors (Lipinski definition) is 3. The molecule has 2 N–H and O–H groups in total. The first-order valence-corrected chi connectivity index (χ1v) is 8.82. The Kier molecular flexibility index (Phi) is 5.79. The van der Waals surface area contributed by atoms with E-state index in [1.807, 2.05) is 49.5 Å². The van der Waals surface area contributed by atoms with Gasteiger partial charge in [0.2, 0.25) is 5.91 Å². The van der Waals surface area contributed by atoms with Crippen LogP contribution in [0.3, 0.4) is 0 Å². The second-order valence-electron chi connectivity index (χ2n) is 6.05. The Morgan fingerprint density at radius 2 is 2.00 bits per heavy atom. The molecule has 0 unspecified atom stereocenters. The number of H-pyrrole nitrogens is 1. The van der Waals surface area contributed by atoms with Crippen LogP contribution in [0.1, 0.15) is 24.5 Å². The molecule has 3 aromatic rings. The number of methoxy groups -OCH3 is 1. The lowest BCUT2D eigenvalue weighted by atomic mass is 10.1. The maximum Gasteiger partial charge on any atom is 0.220 e. The van der Waals surface area contributed by atoms with Crippen LogP contribution in [0.15, 0.2) is 48.7 Å². The molecule has 0 atom stereocenters. The van der Waals surface area contributed by atoms with Crippen LogP contribution < -0.4 is 14.8 Å². The molecule has 1 heterocycles. The molecule has 0 aliphatic heterocycles. The van der Waals surface area contributed by atoms with Gasteiger partial charge in [0.1, 0.15) is 0 Å². The number of aromatic nitrogens is 1. The summed E-state index contributed by atoms with van der Waals surface area (Å²) in [6.45, 7) is 2.98. The van der Waals surface area contributed by atoms with Crippen LogP contribution in [-0.2, 0) is 17.8 Å². The normalized spacial score (nSPS) is 10.7. The summed E-state index contributed by atoms with van der Waals surface area (Å²) in [5, 5.41) is 4.14. The van der Waals surface area contributed by atoms with Crippen molar-refractivity contribution in [1.82, 2.24) is 10.3 Å². The van der Waals surface area contributed by atoms with E-state index in [1.54, 1.807) is 7.11 Å². The minimum atomic E-state index is 0.0307. The van der Waals surface area contributed by atoms with Crippen molar-refractivity contribution in [1.29, 1.82) is 0 Å². The molecule has 1 aromatic heterocycles. The number of fused-ring (bicyclic) bond motifs is 1. The third-order valence-electron chi connectivity index (χ3n) is 4.31. The highest BCUT2D eigenvalue weighted by molar-refractivity contribution is 5.84. The minimum Gasteiger partial charge on any atom is -0.493 e. The second kappa shape index (κ2) is 8.43. The first kappa shape index (κ1) is 17.9. The summed E-state index contributed by atoms with van der Waals surface area (Å²) in [4.78, 5) is 15.4. The molecule has 0 fully saturated rings. The number of amides is 1. The molecule has 1 amide bonds. The highest BCUT2D eigenvalue weighted by Gasteiger charge is 2.08. The van der Waals surface area contributed by atoms with E-state index in [1.165, 1.54) is 10.9 Å². The molecule has 0 saturated carbocycles. The maximum atomic E-state index is 12.2. The smallest absolute Gasteiger partial charge is 0.220 e. The molecule has 2 aromatic carbocycles. The molecule has 0 aliphatic carbocycles. The van der Waals surface area contributed by atoms with Gasteiger partial charge in [-0.25, -0.2) is 0 Å². The number of carbonyl (C=O) groups is 1. The van der Waals surface area contributed by atoms with E-state index in [0.717, 1.165) is 11.1 Å². The van der Waals surface area contributed by atoms with Crippen LogP contribution in [0, 0.1) is 0 Å². The average molecular weight is 352 g/mol. The van der Waals surface area contributed by atoms with Crippen LogP contribution in [0.2, 0.25) is 0 Å². The lowest BCUT2D eigenvalue weighted by molar-refractivity contribution is -0.121. The van der Waals surface area contributed by atoms with E-state index in [2.05, 4.69) is 16.4 Å². The Morgan fingerprint density at radius 1 is 1.15 bits per heavy atom. The maximum absolute atomic E-state index is 12.2. The van der Waals surface area contributed by atoms with Crippen LogP contribution in [0.25, 0.3) is 10.9 Å². The van der Waals surface area contributed by atoms with Crippen molar-refractivity contribution in [3.8, 4) is 11.5 Å². The lowest BCUT2D eigenvalue weighted by Crippen LogP contribution is -2.23. The molecule has 26 heavy (non-hydrogen) atoms.